The fraction of sp³-hybridized carbons (Fsp3) is 0.375. The molecule has 2 aromatic carbocycles. The average Bonchev–Trinajstić information content (AvgIpc) is 3.01. The zero-order valence-corrected chi connectivity index (χ0v) is 18.0. The Labute approximate surface area is 179 Å². The van der Waals surface area contributed by atoms with Crippen LogP contribution in [-0.2, 0) is 6.61 Å². The second kappa shape index (κ2) is 9.84. The molecule has 0 N–H and O–H groups in total. The molecule has 29 heavy (non-hydrogen) atoms. The number of anilines is 1. The van der Waals surface area contributed by atoms with Gasteiger partial charge < -0.3 is 14.4 Å². The number of benzene rings is 2. The minimum Gasteiger partial charge on any atom is -0.497 e. The Morgan fingerprint density at radius 1 is 0.931 bits per heavy atom. The van der Waals surface area contributed by atoms with Crippen molar-refractivity contribution >= 4 is 29.0 Å². The highest BCUT2D eigenvalue weighted by molar-refractivity contribution is 5.85. The third-order valence-electron chi connectivity index (χ3n) is 5.44. The van der Waals surface area contributed by atoms with E-state index in [1.807, 2.05) is 36.4 Å². The van der Waals surface area contributed by atoms with Gasteiger partial charge in [-0.1, -0.05) is 25.0 Å². The molecule has 3 aromatic rings. The summed E-state index contributed by atoms with van der Waals surface area (Å²) in [5, 5.41) is 1.17. The third kappa shape index (κ3) is 5.13. The molecule has 0 bridgehead atoms. The van der Waals surface area contributed by atoms with Gasteiger partial charge in [0.1, 0.15) is 18.1 Å². The molecule has 0 unspecified atom stereocenters. The van der Waals surface area contributed by atoms with E-state index in [0.29, 0.717) is 6.61 Å². The zero-order chi connectivity index (χ0) is 19.3. The van der Waals surface area contributed by atoms with Crippen molar-refractivity contribution in [2.24, 2.45) is 0 Å². The van der Waals surface area contributed by atoms with E-state index >= 15 is 0 Å². The highest BCUT2D eigenvalue weighted by atomic mass is 35.5. The minimum absolute atomic E-state index is 0. The van der Waals surface area contributed by atoms with Crippen LogP contribution in [0.25, 0.3) is 10.9 Å². The van der Waals surface area contributed by atoms with Crippen molar-refractivity contribution in [3.8, 4) is 11.5 Å². The molecule has 0 radical (unpaired) electrons. The van der Waals surface area contributed by atoms with E-state index in [2.05, 4.69) is 24.0 Å². The number of fused-ring (bicyclic) bond motifs is 1. The Balaban J connectivity index is 0.00000240. The van der Waals surface area contributed by atoms with E-state index in [1.54, 1.807) is 7.11 Å². The number of pyridine rings is 1. The molecule has 2 heterocycles. The summed E-state index contributed by atoms with van der Waals surface area (Å²) >= 11 is 0. The molecule has 4 rings (SSSR count). The molecule has 5 heteroatoms. The molecule has 1 fully saturated rings. The zero-order valence-electron chi connectivity index (χ0n) is 17.2. The van der Waals surface area contributed by atoms with Crippen LogP contribution in [-0.4, -0.2) is 25.2 Å². The second-order valence-electron chi connectivity index (χ2n) is 7.49. The molecule has 1 aromatic heterocycles. The maximum absolute atomic E-state index is 6.00. The Bertz CT molecular complexity index is 953. The maximum atomic E-state index is 6.00. The molecule has 0 saturated carbocycles. The Morgan fingerprint density at radius 2 is 1.72 bits per heavy atom. The predicted molar refractivity (Wildman–Crippen MR) is 122 cm³/mol. The van der Waals surface area contributed by atoms with Crippen LogP contribution >= 0.6 is 12.4 Å². The fourth-order valence-corrected chi connectivity index (χ4v) is 3.88. The topological polar surface area (TPSA) is 34.6 Å². The Kier molecular flexibility index (Phi) is 7.21. The summed E-state index contributed by atoms with van der Waals surface area (Å²) in [5.74, 6) is 1.68. The van der Waals surface area contributed by atoms with Crippen molar-refractivity contribution in [1.29, 1.82) is 0 Å². The molecule has 0 spiro atoms. The van der Waals surface area contributed by atoms with E-state index in [9.17, 15) is 0 Å². The van der Waals surface area contributed by atoms with Crippen molar-refractivity contribution in [3.05, 3.63) is 59.8 Å². The quantitative estimate of drug-likeness (QED) is 0.520. The lowest BCUT2D eigenvalue weighted by Crippen LogP contribution is -2.24. The van der Waals surface area contributed by atoms with Gasteiger partial charge in [0.15, 0.2) is 0 Å². The standard InChI is InChI=1S/C24H28N2O2.ClH/c1-18-24(26-12-5-3-4-6-13-26)15-20-10-11-22(16-23(20)25-18)28-17-19-8-7-9-21(14-19)27-2;/h7-11,14-16H,3-6,12-13,17H2,1-2H3;1H. The van der Waals surface area contributed by atoms with Crippen LogP contribution in [0.3, 0.4) is 0 Å². The molecule has 0 amide bonds. The number of methoxy groups -OCH3 is 1. The SMILES string of the molecule is COc1cccc(COc2ccc3cc(N4CCCCCC4)c(C)nc3c2)c1.Cl. The molecule has 0 aliphatic carbocycles. The van der Waals surface area contributed by atoms with Crippen LogP contribution in [0, 0.1) is 6.92 Å². The summed E-state index contributed by atoms with van der Waals surface area (Å²) in [6.45, 7) is 4.89. The Hall–Kier alpha value is -2.46. The average molecular weight is 413 g/mol. The normalized spacial score (nSPS) is 14.2. The number of nitrogens with zero attached hydrogens (tertiary/aromatic N) is 2. The largest absolute Gasteiger partial charge is 0.497 e. The molecule has 0 atom stereocenters. The lowest BCUT2D eigenvalue weighted by molar-refractivity contribution is 0.305. The van der Waals surface area contributed by atoms with E-state index < -0.39 is 0 Å². The van der Waals surface area contributed by atoms with Crippen LogP contribution in [0.2, 0.25) is 0 Å². The van der Waals surface area contributed by atoms with Crippen molar-refractivity contribution in [3.63, 3.8) is 0 Å². The van der Waals surface area contributed by atoms with Gasteiger partial charge in [-0.2, -0.15) is 0 Å². The summed E-state index contributed by atoms with van der Waals surface area (Å²) in [6, 6.07) is 16.4. The second-order valence-corrected chi connectivity index (χ2v) is 7.49. The van der Waals surface area contributed by atoms with Gasteiger partial charge in [0.2, 0.25) is 0 Å². The van der Waals surface area contributed by atoms with Crippen molar-refractivity contribution in [2.75, 3.05) is 25.1 Å². The molecule has 1 saturated heterocycles. The summed E-state index contributed by atoms with van der Waals surface area (Å²) in [7, 11) is 1.68. The molecule has 1 aliphatic heterocycles. The molecular formula is C24H29ClN2O2. The first-order valence-electron chi connectivity index (χ1n) is 10.1. The molecule has 4 nitrogen and oxygen atoms in total. The summed E-state index contributed by atoms with van der Waals surface area (Å²) in [5.41, 5.74) is 4.44. The number of ether oxygens (including phenoxy) is 2. The smallest absolute Gasteiger partial charge is 0.122 e. The minimum atomic E-state index is 0. The van der Waals surface area contributed by atoms with Crippen molar-refractivity contribution < 1.29 is 9.47 Å². The third-order valence-corrected chi connectivity index (χ3v) is 5.44. The lowest BCUT2D eigenvalue weighted by Gasteiger charge is -2.24. The van der Waals surface area contributed by atoms with Gasteiger partial charge in [0, 0.05) is 24.5 Å². The van der Waals surface area contributed by atoms with E-state index in [4.69, 9.17) is 14.5 Å². The molecular weight excluding hydrogens is 384 g/mol. The summed E-state index contributed by atoms with van der Waals surface area (Å²) in [4.78, 5) is 7.38. The number of hydrogen-bond donors (Lipinski definition) is 0. The predicted octanol–water partition coefficient (Wildman–Crippen LogP) is 5.93. The van der Waals surface area contributed by atoms with Gasteiger partial charge in [-0.25, -0.2) is 0 Å². The number of rotatable bonds is 5. The van der Waals surface area contributed by atoms with Gasteiger partial charge in [0.25, 0.3) is 0 Å². The summed E-state index contributed by atoms with van der Waals surface area (Å²) < 4.78 is 11.3. The number of hydrogen-bond acceptors (Lipinski definition) is 4. The van der Waals surface area contributed by atoms with Crippen LogP contribution in [0.5, 0.6) is 11.5 Å². The van der Waals surface area contributed by atoms with Crippen LogP contribution < -0.4 is 14.4 Å². The van der Waals surface area contributed by atoms with Gasteiger partial charge in [0.05, 0.1) is 24.0 Å². The highest BCUT2D eigenvalue weighted by Crippen LogP contribution is 2.28. The number of aromatic nitrogens is 1. The van der Waals surface area contributed by atoms with Crippen LogP contribution in [0.1, 0.15) is 36.9 Å². The number of halogens is 1. The van der Waals surface area contributed by atoms with Crippen LogP contribution in [0.15, 0.2) is 48.5 Å². The van der Waals surface area contributed by atoms with Crippen LogP contribution in [0.4, 0.5) is 5.69 Å². The van der Waals surface area contributed by atoms with E-state index in [0.717, 1.165) is 41.4 Å². The van der Waals surface area contributed by atoms with Crippen molar-refractivity contribution in [2.45, 2.75) is 39.2 Å². The fourth-order valence-electron chi connectivity index (χ4n) is 3.88. The molecule has 154 valence electrons. The Morgan fingerprint density at radius 3 is 2.48 bits per heavy atom. The van der Waals surface area contributed by atoms with Gasteiger partial charge >= 0.3 is 0 Å². The first-order chi connectivity index (χ1) is 13.7. The lowest BCUT2D eigenvalue weighted by atomic mass is 10.1. The monoisotopic (exact) mass is 412 g/mol. The summed E-state index contributed by atoms with van der Waals surface area (Å²) in [6.07, 6.45) is 5.22. The first kappa shape index (κ1) is 21.3. The maximum Gasteiger partial charge on any atom is 0.122 e. The van der Waals surface area contributed by atoms with E-state index in [-0.39, 0.29) is 12.4 Å². The number of aryl methyl sites for hydroxylation is 1. The van der Waals surface area contributed by atoms with Gasteiger partial charge in [-0.05, 0) is 55.7 Å². The first-order valence-corrected chi connectivity index (χ1v) is 10.1. The highest BCUT2D eigenvalue weighted by Gasteiger charge is 2.14. The van der Waals surface area contributed by atoms with Gasteiger partial charge in [-0.3, -0.25) is 4.98 Å². The van der Waals surface area contributed by atoms with Gasteiger partial charge in [-0.15, -0.1) is 12.4 Å². The molecule has 1 aliphatic rings. The van der Waals surface area contributed by atoms with E-state index in [1.165, 1.54) is 36.8 Å². The van der Waals surface area contributed by atoms with Crippen molar-refractivity contribution in [1.82, 2.24) is 4.98 Å².